The zero-order chi connectivity index (χ0) is 26.2. The Hall–Kier alpha value is -5.34. The van der Waals surface area contributed by atoms with Crippen LogP contribution < -0.4 is 0 Å². The zero-order valence-electron chi connectivity index (χ0n) is 21.5. The van der Waals surface area contributed by atoms with Crippen LogP contribution in [0.3, 0.4) is 0 Å². The molecule has 40 heavy (non-hydrogen) atoms. The second-order valence-corrected chi connectivity index (χ2v) is 10.5. The second-order valence-electron chi connectivity index (χ2n) is 10.5. The SMILES string of the molecule is c1ccc2cc(-c3c4ccccc4c(-c4ccc5oc6c7ccoc7ccc6c5c4)c4ccccc34)ccc2c1. The highest BCUT2D eigenvalue weighted by molar-refractivity contribution is 6.23. The fourth-order valence-corrected chi connectivity index (χ4v) is 6.53. The maximum atomic E-state index is 6.34. The second kappa shape index (κ2) is 8.08. The van der Waals surface area contributed by atoms with Crippen LogP contribution in [0.2, 0.25) is 0 Å². The number of rotatable bonds is 2. The Morgan fingerprint density at radius 2 is 0.975 bits per heavy atom. The standard InChI is InChI=1S/C38H22O2/c1-2-8-24-21-25(14-13-23(24)7-1)36-27-9-3-5-11-29(27)37(30-12-6-4-10-28(30)36)26-15-17-35-33(22-26)31-16-18-34-32(19-20-39-34)38(31)40-35/h1-22H. The van der Waals surface area contributed by atoms with Crippen molar-refractivity contribution in [3.05, 3.63) is 134 Å². The summed E-state index contributed by atoms with van der Waals surface area (Å²) in [6.07, 6.45) is 1.72. The monoisotopic (exact) mass is 510 g/mol. The van der Waals surface area contributed by atoms with Crippen molar-refractivity contribution in [3.8, 4) is 22.3 Å². The van der Waals surface area contributed by atoms with Crippen LogP contribution in [0, 0.1) is 0 Å². The molecule has 2 heterocycles. The average molecular weight is 511 g/mol. The molecule has 0 spiro atoms. The molecule has 0 amide bonds. The molecule has 9 aromatic rings. The van der Waals surface area contributed by atoms with Gasteiger partial charge in [-0.05, 0) is 91.0 Å². The van der Waals surface area contributed by atoms with Crippen molar-refractivity contribution in [1.29, 1.82) is 0 Å². The molecule has 0 fully saturated rings. The van der Waals surface area contributed by atoms with Crippen LogP contribution in [0.1, 0.15) is 0 Å². The Labute approximate surface area is 229 Å². The fourth-order valence-electron chi connectivity index (χ4n) is 6.53. The first-order chi connectivity index (χ1) is 19.8. The highest BCUT2D eigenvalue weighted by Gasteiger charge is 2.18. The summed E-state index contributed by atoms with van der Waals surface area (Å²) in [5, 5.41) is 10.7. The fraction of sp³-hybridized carbons (Fsp3) is 0. The normalized spacial score (nSPS) is 12.0. The number of furan rings is 2. The Balaban J connectivity index is 1.37. The topological polar surface area (TPSA) is 26.3 Å². The van der Waals surface area contributed by atoms with Crippen LogP contribution >= 0.6 is 0 Å². The first kappa shape index (κ1) is 21.6. The molecular weight excluding hydrogens is 488 g/mol. The molecule has 0 saturated heterocycles. The molecule has 0 N–H and O–H groups in total. The van der Waals surface area contributed by atoms with Gasteiger partial charge in [0, 0.05) is 10.8 Å². The van der Waals surface area contributed by atoms with Gasteiger partial charge in [0.25, 0.3) is 0 Å². The van der Waals surface area contributed by atoms with Gasteiger partial charge in [-0.15, -0.1) is 0 Å². The van der Waals surface area contributed by atoms with E-state index in [-0.39, 0.29) is 0 Å². The van der Waals surface area contributed by atoms with Crippen molar-refractivity contribution in [2.24, 2.45) is 0 Å². The van der Waals surface area contributed by atoms with Gasteiger partial charge in [0.1, 0.15) is 16.7 Å². The number of hydrogen-bond donors (Lipinski definition) is 0. The Morgan fingerprint density at radius 1 is 0.375 bits per heavy atom. The molecule has 0 aliphatic rings. The van der Waals surface area contributed by atoms with Gasteiger partial charge in [-0.3, -0.25) is 0 Å². The molecule has 0 saturated carbocycles. The van der Waals surface area contributed by atoms with Gasteiger partial charge in [0.05, 0.1) is 11.6 Å². The molecule has 0 atom stereocenters. The predicted octanol–water partition coefficient (Wildman–Crippen LogP) is 11.1. The van der Waals surface area contributed by atoms with Crippen LogP contribution in [0.25, 0.3) is 87.5 Å². The van der Waals surface area contributed by atoms with Crippen molar-refractivity contribution in [2.45, 2.75) is 0 Å². The van der Waals surface area contributed by atoms with Crippen LogP contribution in [0.15, 0.2) is 142 Å². The lowest BCUT2D eigenvalue weighted by Gasteiger charge is -2.18. The summed E-state index contributed by atoms with van der Waals surface area (Å²) < 4.78 is 12.0. The lowest BCUT2D eigenvalue weighted by Crippen LogP contribution is -1.91. The number of hydrogen-bond acceptors (Lipinski definition) is 2. The van der Waals surface area contributed by atoms with Crippen LogP contribution in [-0.2, 0) is 0 Å². The van der Waals surface area contributed by atoms with E-state index >= 15 is 0 Å². The van der Waals surface area contributed by atoms with E-state index in [0.717, 1.165) is 32.9 Å². The minimum absolute atomic E-state index is 0.841. The smallest absolute Gasteiger partial charge is 0.146 e. The zero-order valence-corrected chi connectivity index (χ0v) is 21.5. The van der Waals surface area contributed by atoms with Gasteiger partial charge < -0.3 is 8.83 Å². The molecule has 0 aliphatic carbocycles. The van der Waals surface area contributed by atoms with E-state index in [0.29, 0.717) is 0 Å². The number of benzene rings is 7. The minimum atomic E-state index is 0.841. The van der Waals surface area contributed by atoms with E-state index in [1.165, 1.54) is 54.6 Å². The molecule has 0 bridgehead atoms. The first-order valence-corrected chi connectivity index (χ1v) is 13.6. The summed E-state index contributed by atoms with van der Waals surface area (Å²) >= 11 is 0. The Morgan fingerprint density at radius 3 is 1.70 bits per heavy atom. The molecule has 2 aromatic heterocycles. The van der Waals surface area contributed by atoms with E-state index in [2.05, 4.69) is 115 Å². The van der Waals surface area contributed by atoms with Gasteiger partial charge in [-0.2, -0.15) is 0 Å². The molecule has 0 aliphatic heterocycles. The van der Waals surface area contributed by atoms with Crippen LogP contribution in [0.5, 0.6) is 0 Å². The van der Waals surface area contributed by atoms with E-state index < -0.39 is 0 Å². The maximum Gasteiger partial charge on any atom is 0.146 e. The predicted molar refractivity (Wildman–Crippen MR) is 167 cm³/mol. The van der Waals surface area contributed by atoms with Gasteiger partial charge in [-0.1, -0.05) is 91.0 Å². The van der Waals surface area contributed by atoms with E-state index in [1.54, 1.807) is 6.26 Å². The third-order valence-electron chi connectivity index (χ3n) is 8.33. The molecule has 186 valence electrons. The average Bonchev–Trinajstić information content (AvgIpc) is 3.64. The molecule has 7 aromatic carbocycles. The lowest BCUT2D eigenvalue weighted by atomic mass is 9.85. The van der Waals surface area contributed by atoms with E-state index in [4.69, 9.17) is 8.83 Å². The van der Waals surface area contributed by atoms with Gasteiger partial charge in [-0.25, -0.2) is 0 Å². The third-order valence-corrected chi connectivity index (χ3v) is 8.33. The van der Waals surface area contributed by atoms with Crippen molar-refractivity contribution in [3.63, 3.8) is 0 Å². The minimum Gasteiger partial charge on any atom is -0.464 e. The van der Waals surface area contributed by atoms with Crippen molar-refractivity contribution < 1.29 is 8.83 Å². The Bertz CT molecular complexity index is 2380. The molecule has 0 radical (unpaired) electrons. The molecular formula is C38H22O2. The van der Waals surface area contributed by atoms with E-state index in [1.807, 2.05) is 12.1 Å². The largest absolute Gasteiger partial charge is 0.464 e. The molecule has 9 rings (SSSR count). The summed E-state index contributed by atoms with van der Waals surface area (Å²) in [6, 6.07) is 45.7. The highest BCUT2D eigenvalue weighted by atomic mass is 16.3. The highest BCUT2D eigenvalue weighted by Crippen LogP contribution is 2.45. The summed E-state index contributed by atoms with van der Waals surface area (Å²) in [6.45, 7) is 0. The molecule has 2 nitrogen and oxygen atoms in total. The van der Waals surface area contributed by atoms with Crippen LogP contribution in [-0.4, -0.2) is 0 Å². The van der Waals surface area contributed by atoms with Gasteiger partial charge in [0.15, 0.2) is 0 Å². The van der Waals surface area contributed by atoms with Crippen LogP contribution in [0.4, 0.5) is 0 Å². The first-order valence-electron chi connectivity index (χ1n) is 13.6. The quantitative estimate of drug-likeness (QED) is 0.216. The summed E-state index contributed by atoms with van der Waals surface area (Å²) in [7, 11) is 0. The maximum absolute atomic E-state index is 6.34. The molecule has 0 unspecified atom stereocenters. The third kappa shape index (κ3) is 2.99. The van der Waals surface area contributed by atoms with Gasteiger partial charge >= 0.3 is 0 Å². The molecule has 2 heteroatoms. The lowest BCUT2D eigenvalue weighted by molar-refractivity contribution is 0.615. The Kier molecular flexibility index (Phi) is 4.36. The van der Waals surface area contributed by atoms with Crippen molar-refractivity contribution in [1.82, 2.24) is 0 Å². The summed E-state index contributed by atoms with van der Waals surface area (Å²) in [4.78, 5) is 0. The number of fused-ring (bicyclic) bond motifs is 8. The van der Waals surface area contributed by atoms with Crippen molar-refractivity contribution in [2.75, 3.05) is 0 Å². The van der Waals surface area contributed by atoms with E-state index in [9.17, 15) is 0 Å². The summed E-state index contributed by atoms with van der Waals surface area (Å²) in [5.41, 5.74) is 7.54. The van der Waals surface area contributed by atoms with Crippen molar-refractivity contribution >= 4 is 65.2 Å². The summed E-state index contributed by atoms with van der Waals surface area (Å²) in [5.74, 6) is 0. The van der Waals surface area contributed by atoms with Gasteiger partial charge in [0.2, 0.25) is 0 Å².